The molecular formula is C31H42N4O5. The van der Waals surface area contributed by atoms with Crippen LogP contribution in [0.3, 0.4) is 0 Å². The van der Waals surface area contributed by atoms with E-state index in [4.69, 9.17) is 4.74 Å². The second-order valence-electron chi connectivity index (χ2n) is 11.2. The maximum Gasteiger partial charge on any atom is 0.251 e. The van der Waals surface area contributed by atoms with Crippen LogP contribution in [0.4, 0.5) is 0 Å². The van der Waals surface area contributed by atoms with E-state index in [9.17, 15) is 19.5 Å². The fraction of sp³-hybridized carbons (Fsp3) is 0.516. The maximum atomic E-state index is 13.5. The molecule has 2 fully saturated rings. The molecule has 2 aliphatic rings. The molecule has 40 heavy (non-hydrogen) atoms. The van der Waals surface area contributed by atoms with Crippen LogP contribution >= 0.6 is 0 Å². The minimum atomic E-state index is -0.910. The molecule has 0 unspecified atom stereocenters. The number of piperidine rings is 1. The highest BCUT2D eigenvalue weighted by molar-refractivity contribution is 6.00. The van der Waals surface area contributed by atoms with E-state index in [0.717, 1.165) is 24.9 Å². The monoisotopic (exact) mass is 550 g/mol. The van der Waals surface area contributed by atoms with Crippen molar-refractivity contribution in [1.82, 2.24) is 20.4 Å². The molecule has 9 heteroatoms. The molecule has 2 aromatic rings. The highest BCUT2D eigenvalue weighted by atomic mass is 16.5. The minimum absolute atomic E-state index is 0.135. The van der Waals surface area contributed by atoms with Crippen LogP contribution in [-0.4, -0.2) is 77.0 Å². The molecule has 0 aliphatic carbocycles. The molecule has 4 rings (SSSR count). The van der Waals surface area contributed by atoms with Gasteiger partial charge in [0, 0.05) is 38.8 Å². The number of unbranched alkanes of at least 4 members (excludes halogenated alkanes) is 1. The van der Waals surface area contributed by atoms with Crippen LogP contribution in [0.5, 0.6) is 11.5 Å². The van der Waals surface area contributed by atoms with Crippen molar-refractivity contribution in [2.75, 3.05) is 26.7 Å². The number of hydrogen-bond acceptors (Lipinski definition) is 6. The number of ether oxygens (including phenoxy) is 1. The number of aliphatic hydroxyl groups is 1. The molecule has 3 amide bonds. The topological polar surface area (TPSA) is 111 Å². The summed E-state index contributed by atoms with van der Waals surface area (Å²) >= 11 is 0. The van der Waals surface area contributed by atoms with Gasteiger partial charge in [0.2, 0.25) is 11.8 Å². The summed E-state index contributed by atoms with van der Waals surface area (Å²) in [6.07, 6.45) is 1.96. The van der Waals surface area contributed by atoms with Gasteiger partial charge in [-0.3, -0.25) is 19.3 Å². The molecule has 1 spiro atoms. The number of nitrogens with zero attached hydrogens (tertiary/aromatic N) is 2. The van der Waals surface area contributed by atoms with Crippen molar-refractivity contribution in [3.8, 4) is 11.5 Å². The van der Waals surface area contributed by atoms with Crippen LogP contribution in [0, 0.1) is 5.92 Å². The number of hydrogen-bond donors (Lipinski definition) is 3. The first-order chi connectivity index (χ1) is 19.2. The van der Waals surface area contributed by atoms with Gasteiger partial charge in [-0.05, 0) is 67.1 Å². The molecule has 2 heterocycles. The van der Waals surface area contributed by atoms with Crippen LogP contribution in [0.25, 0.3) is 0 Å². The summed E-state index contributed by atoms with van der Waals surface area (Å²) in [5.74, 6) is 0.774. The number of carbonyl (C=O) groups is 3. The van der Waals surface area contributed by atoms with E-state index in [2.05, 4.69) is 22.5 Å². The number of amides is 3. The summed E-state index contributed by atoms with van der Waals surface area (Å²) in [5.41, 5.74) is 0.844. The summed E-state index contributed by atoms with van der Waals surface area (Å²) in [6.45, 7) is 8.43. The van der Waals surface area contributed by atoms with E-state index in [1.165, 1.54) is 0 Å². The Hall–Kier alpha value is -3.43. The third kappa shape index (κ3) is 6.31. The third-order valence-electron chi connectivity index (χ3n) is 8.11. The first-order valence-corrected chi connectivity index (χ1v) is 14.3. The molecule has 3 N–H and O–H groups in total. The van der Waals surface area contributed by atoms with Crippen LogP contribution in [0.2, 0.25) is 0 Å². The third-order valence-corrected chi connectivity index (χ3v) is 8.11. The Bertz CT molecular complexity index is 1170. The Kier molecular flexibility index (Phi) is 9.48. The van der Waals surface area contributed by atoms with Gasteiger partial charge in [-0.2, -0.15) is 0 Å². The lowest BCUT2D eigenvalue weighted by Crippen LogP contribution is -2.74. The Morgan fingerprint density at radius 2 is 1.68 bits per heavy atom. The van der Waals surface area contributed by atoms with Crippen molar-refractivity contribution in [2.24, 2.45) is 5.92 Å². The lowest BCUT2D eigenvalue weighted by Gasteiger charge is -2.52. The second kappa shape index (κ2) is 12.8. The van der Waals surface area contributed by atoms with Gasteiger partial charge in [0.25, 0.3) is 5.91 Å². The molecule has 2 aromatic carbocycles. The average molecular weight is 551 g/mol. The van der Waals surface area contributed by atoms with Gasteiger partial charge in [0.1, 0.15) is 23.1 Å². The summed E-state index contributed by atoms with van der Waals surface area (Å²) < 4.78 is 5.93. The average Bonchev–Trinajstić information content (AvgIpc) is 2.96. The zero-order valence-corrected chi connectivity index (χ0v) is 24.0. The largest absolute Gasteiger partial charge is 0.457 e. The van der Waals surface area contributed by atoms with Gasteiger partial charge in [0.05, 0.1) is 6.10 Å². The predicted octanol–water partition coefficient (Wildman–Crippen LogP) is 3.32. The fourth-order valence-corrected chi connectivity index (χ4v) is 5.55. The molecule has 216 valence electrons. The van der Waals surface area contributed by atoms with Gasteiger partial charge in [-0.15, -0.1) is 0 Å². The van der Waals surface area contributed by atoms with Crippen LogP contribution < -0.4 is 15.4 Å². The van der Waals surface area contributed by atoms with Crippen molar-refractivity contribution in [3.05, 3.63) is 59.7 Å². The normalized spacial score (nSPS) is 19.9. The Labute approximate surface area is 236 Å². The van der Waals surface area contributed by atoms with Crippen LogP contribution in [0.1, 0.15) is 62.4 Å². The van der Waals surface area contributed by atoms with Crippen LogP contribution in [-0.2, 0) is 16.1 Å². The van der Waals surface area contributed by atoms with E-state index in [0.29, 0.717) is 49.5 Å². The second-order valence-corrected chi connectivity index (χ2v) is 11.2. The van der Waals surface area contributed by atoms with Gasteiger partial charge in [0.15, 0.2) is 0 Å². The highest BCUT2D eigenvalue weighted by Gasteiger charge is 2.54. The molecule has 2 atom stereocenters. The molecule has 0 radical (unpaired) electrons. The van der Waals surface area contributed by atoms with Crippen molar-refractivity contribution in [1.29, 1.82) is 0 Å². The van der Waals surface area contributed by atoms with Gasteiger partial charge >= 0.3 is 0 Å². The lowest BCUT2D eigenvalue weighted by molar-refractivity contribution is -0.165. The molecule has 0 bridgehead atoms. The smallest absolute Gasteiger partial charge is 0.251 e. The Morgan fingerprint density at radius 3 is 2.23 bits per heavy atom. The van der Waals surface area contributed by atoms with E-state index in [1.54, 1.807) is 36.2 Å². The molecule has 2 saturated heterocycles. The number of piperazine rings is 1. The number of nitrogens with one attached hydrogen (secondary N) is 2. The minimum Gasteiger partial charge on any atom is -0.457 e. The first-order valence-electron chi connectivity index (χ1n) is 14.3. The Balaban J connectivity index is 1.37. The standard InChI is InChI=1S/C31H42N4O5/c1-5-6-17-35-29(38)26(27(36)21(2)3)33-30(39)31(35)15-18-34(19-16-31)20-22-7-11-24(12-8-22)40-25-13-9-23(10-14-25)28(37)32-4/h7-14,21,26-27,36H,5-6,15-20H2,1-4H3,(H,32,37)(H,33,39)/t26-,27-/m1/s1. The zero-order valence-electron chi connectivity index (χ0n) is 24.0. The summed E-state index contributed by atoms with van der Waals surface area (Å²) in [4.78, 5) is 42.8. The van der Waals surface area contributed by atoms with Crippen molar-refractivity contribution >= 4 is 17.7 Å². The number of aliphatic hydroxyl groups excluding tert-OH is 1. The quantitative estimate of drug-likeness (QED) is 0.419. The number of likely N-dealkylation sites (tertiary alicyclic amines) is 1. The van der Waals surface area contributed by atoms with Gasteiger partial charge < -0.3 is 25.4 Å². The molecule has 2 aliphatic heterocycles. The first kappa shape index (κ1) is 29.6. The van der Waals surface area contributed by atoms with Gasteiger partial charge in [-0.25, -0.2) is 0 Å². The Morgan fingerprint density at radius 1 is 1.07 bits per heavy atom. The van der Waals surface area contributed by atoms with Crippen molar-refractivity contribution < 1.29 is 24.2 Å². The van der Waals surface area contributed by atoms with E-state index < -0.39 is 17.7 Å². The predicted molar refractivity (Wildman–Crippen MR) is 153 cm³/mol. The summed E-state index contributed by atoms with van der Waals surface area (Å²) in [7, 11) is 1.60. The van der Waals surface area contributed by atoms with E-state index in [1.807, 2.05) is 38.1 Å². The van der Waals surface area contributed by atoms with Crippen molar-refractivity contribution in [3.63, 3.8) is 0 Å². The zero-order chi connectivity index (χ0) is 28.9. The van der Waals surface area contributed by atoms with E-state index >= 15 is 0 Å². The summed E-state index contributed by atoms with van der Waals surface area (Å²) in [6, 6.07) is 14.0. The summed E-state index contributed by atoms with van der Waals surface area (Å²) in [5, 5.41) is 16.1. The highest BCUT2D eigenvalue weighted by Crippen LogP contribution is 2.35. The maximum absolute atomic E-state index is 13.5. The van der Waals surface area contributed by atoms with E-state index in [-0.39, 0.29) is 23.6 Å². The van der Waals surface area contributed by atoms with Crippen molar-refractivity contribution in [2.45, 2.75) is 70.7 Å². The lowest BCUT2D eigenvalue weighted by atomic mass is 9.80. The number of carbonyl (C=O) groups excluding carboxylic acids is 3. The van der Waals surface area contributed by atoms with Crippen LogP contribution in [0.15, 0.2) is 48.5 Å². The SMILES string of the molecule is CCCCN1C(=O)[C@@H]([C@H](O)C(C)C)NC(=O)C12CCN(Cc1ccc(Oc3ccc(C(=O)NC)cc3)cc1)CC2. The molecular weight excluding hydrogens is 508 g/mol. The molecule has 9 nitrogen and oxygen atoms in total. The number of rotatable bonds is 10. The fourth-order valence-electron chi connectivity index (χ4n) is 5.55. The van der Waals surface area contributed by atoms with Gasteiger partial charge in [-0.1, -0.05) is 39.3 Å². The number of benzene rings is 2. The molecule has 0 saturated carbocycles. The molecule has 0 aromatic heterocycles.